The summed E-state index contributed by atoms with van der Waals surface area (Å²) in [6.45, 7) is 4.67. The molecule has 2 amide bonds. The van der Waals surface area contributed by atoms with Crippen LogP contribution in [-0.4, -0.2) is 44.5 Å². The second kappa shape index (κ2) is 7.26. The minimum Gasteiger partial charge on any atom is -0.362 e. The molecule has 9 heteroatoms. The van der Waals surface area contributed by atoms with E-state index in [2.05, 4.69) is 32.0 Å². The van der Waals surface area contributed by atoms with Gasteiger partial charge in [-0.2, -0.15) is 4.98 Å². The molecule has 1 aliphatic rings. The zero-order valence-corrected chi connectivity index (χ0v) is 15.8. The zero-order valence-electron chi connectivity index (χ0n) is 15.8. The van der Waals surface area contributed by atoms with Crippen molar-refractivity contribution in [2.24, 2.45) is 0 Å². The molecule has 2 N–H and O–H groups in total. The summed E-state index contributed by atoms with van der Waals surface area (Å²) in [6, 6.07) is 9.90. The first-order chi connectivity index (χ1) is 13.5. The Hall–Kier alpha value is -3.49. The van der Waals surface area contributed by atoms with Crippen LogP contribution in [0.15, 0.2) is 30.3 Å². The zero-order chi connectivity index (χ0) is 19.7. The second-order valence-corrected chi connectivity index (χ2v) is 6.84. The molecule has 0 unspecified atom stereocenters. The van der Waals surface area contributed by atoms with Gasteiger partial charge in [0.05, 0.1) is 6.54 Å². The number of hydrogen-bond acceptors (Lipinski definition) is 6. The fraction of sp³-hybridized carbons (Fsp3) is 0.316. The number of hydrogen-bond donors (Lipinski definition) is 2. The SMILES string of the molecule is Cc1cc(C)n2nc(C(=O)NNC(=O)CN3CCCc4ccccc43)nc2n1. The number of anilines is 1. The third kappa shape index (κ3) is 3.51. The molecule has 9 nitrogen and oxygen atoms in total. The smallest absolute Gasteiger partial charge is 0.309 e. The Morgan fingerprint density at radius 1 is 1.14 bits per heavy atom. The molecule has 3 aromatic rings. The van der Waals surface area contributed by atoms with Gasteiger partial charge in [0, 0.05) is 23.6 Å². The first kappa shape index (κ1) is 17.9. The molecule has 0 aliphatic carbocycles. The molecule has 0 radical (unpaired) electrons. The number of aryl methyl sites for hydroxylation is 3. The summed E-state index contributed by atoms with van der Waals surface area (Å²) in [5, 5.41) is 4.15. The molecule has 144 valence electrons. The highest BCUT2D eigenvalue weighted by Gasteiger charge is 2.20. The van der Waals surface area contributed by atoms with Crippen molar-refractivity contribution in [1.82, 2.24) is 30.4 Å². The predicted molar refractivity (Wildman–Crippen MR) is 103 cm³/mol. The van der Waals surface area contributed by atoms with Gasteiger partial charge in [-0.05, 0) is 44.4 Å². The van der Waals surface area contributed by atoms with Gasteiger partial charge in [0.1, 0.15) is 0 Å². The number of aromatic nitrogens is 4. The highest BCUT2D eigenvalue weighted by Crippen LogP contribution is 2.26. The van der Waals surface area contributed by atoms with Crippen molar-refractivity contribution in [3.05, 3.63) is 53.1 Å². The molecule has 3 heterocycles. The van der Waals surface area contributed by atoms with Gasteiger partial charge >= 0.3 is 5.91 Å². The van der Waals surface area contributed by atoms with E-state index in [9.17, 15) is 9.59 Å². The molecular formula is C19H21N7O2. The summed E-state index contributed by atoms with van der Waals surface area (Å²) in [4.78, 5) is 35.0. The van der Waals surface area contributed by atoms with Crippen molar-refractivity contribution in [3.8, 4) is 0 Å². The Balaban J connectivity index is 1.39. The number of amides is 2. The van der Waals surface area contributed by atoms with Crippen molar-refractivity contribution in [3.63, 3.8) is 0 Å². The van der Waals surface area contributed by atoms with Crippen LogP contribution in [0, 0.1) is 13.8 Å². The van der Waals surface area contributed by atoms with E-state index in [0.29, 0.717) is 5.78 Å². The van der Waals surface area contributed by atoms with E-state index < -0.39 is 5.91 Å². The maximum absolute atomic E-state index is 12.3. The summed E-state index contributed by atoms with van der Waals surface area (Å²) in [6.07, 6.45) is 2.01. The number of carbonyl (C=O) groups excluding carboxylic acids is 2. The molecule has 0 spiro atoms. The summed E-state index contributed by atoms with van der Waals surface area (Å²) in [7, 11) is 0. The lowest BCUT2D eigenvalue weighted by atomic mass is 10.0. The van der Waals surface area contributed by atoms with Crippen LogP contribution < -0.4 is 15.8 Å². The van der Waals surface area contributed by atoms with Gasteiger partial charge in [0.15, 0.2) is 0 Å². The van der Waals surface area contributed by atoms with Gasteiger partial charge in [0.2, 0.25) is 5.82 Å². The van der Waals surface area contributed by atoms with Crippen molar-refractivity contribution in [2.45, 2.75) is 26.7 Å². The maximum atomic E-state index is 12.3. The number of hydrazine groups is 1. The Bertz CT molecular complexity index is 1060. The van der Waals surface area contributed by atoms with Gasteiger partial charge in [-0.25, -0.2) is 9.50 Å². The lowest BCUT2D eigenvalue weighted by Gasteiger charge is -2.30. The Kier molecular flexibility index (Phi) is 4.64. The standard InChI is InChI=1S/C19H21N7O2/c1-12-10-13(2)26-19(20-12)21-17(24-26)18(28)23-22-16(27)11-25-9-5-7-14-6-3-4-8-15(14)25/h3-4,6,8,10H,5,7,9,11H2,1-2H3,(H,22,27)(H,23,28). The van der Waals surface area contributed by atoms with E-state index in [1.165, 1.54) is 10.1 Å². The minimum absolute atomic E-state index is 0.0511. The summed E-state index contributed by atoms with van der Waals surface area (Å²) in [5.74, 6) is -0.599. The highest BCUT2D eigenvalue weighted by atomic mass is 16.2. The van der Waals surface area contributed by atoms with Gasteiger partial charge in [-0.3, -0.25) is 20.4 Å². The number of nitrogens with one attached hydrogen (secondary N) is 2. The molecule has 1 aliphatic heterocycles. The van der Waals surface area contributed by atoms with E-state index in [1.807, 2.05) is 43.0 Å². The monoisotopic (exact) mass is 379 g/mol. The number of carbonyl (C=O) groups is 2. The second-order valence-electron chi connectivity index (χ2n) is 6.84. The van der Waals surface area contributed by atoms with E-state index in [0.717, 1.165) is 36.5 Å². The number of fused-ring (bicyclic) bond motifs is 2. The van der Waals surface area contributed by atoms with E-state index in [4.69, 9.17) is 0 Å². The molecule has 2 aromatic heterocycles. The molecule has 0 saturated heterocycles. The third-order valence-electron chi connectivity index (χ3n) is 4.68. The summed E-state index contributed by atoms with van der Waals surface area (Å²) >= 11 is 0. The van der Waals surface area contributed by atoms with Crippen LogP contribution in [-0.2, 0) is 11.2 Å². The fourth-order valence-corrected chi connectivity index (χ4v) is 3.43. The molecular weight excluding hydrogens is 358 g/mol. The maximum Gasteiger partial charge on any atom is 0.309 e. The molecule has 28 heavy (non-hydrogen) atoms. The van der Waals surface area contributed by atoms with E-state index >= 15 is 0 Å². The first-order valence-electron chi connectivity index (χ1n) is 9.14. The Morgan fingerprint density at radius 2 is 1.96 bits per heavy atom. The van der Waals surface area contributed by atoms with Crippen LogP contribution in [0.3, 0.4) is 0 Å². The molecule has 0 fully saturated rings. The summed E-state index contributed by atoms with van der Waals surface area (Å²) in [5.41, 5.74) is 8.73. The van der Waals surface area contributed by atoms with Crippen LogP contribution in [0.2, 0.25) is 0 Å². The Morgan fingerprint density at radius 3 is 2.82 bits per heavy atom. The predicted octanol–water partition coefficient (Wildman–Crippen LogP) is 0.955. The average molecular weight is 379 g/mol. The fourth-order valence-electron chi connectivity index (χ4n) is 3.43. The number of para-hydroxylation sites is 1. The molecule has 0 atom stereocenters. The molecule has 4 rings (SSSR count). The number of benzene rings is 1. The van der Waals surface area contributed by atoms with Crippen molar-refractivity contribution in [2.75, 3.05) is 18.0 Å². The molecule has 0 bridgehead atoms. The van der Waals surface area contributed by atoms with Crippen LogP contribution in [0.25, 0.3) is 5.78 Å². The average Bonchev–Trinajstić information content (AvgIpc) is 3.11. The Labute approximate surface area is 161 Å². The van der Waals surface area contributed by atoms with Gasteiger partial charge in [0.25, 0.3) is 11.7 Å². The largest absolute Gasteiger partial charge is 0.362 e. The summed E-state index contributed by atoms with van der Waals surface area (Å²) < 4.78 is 1.49. The first-order valence-corrected chi connectivity index (χ1v) is 9.14. The lowest BCUT2D eigenvalue weighted by molar-refractivity contribution is -0.120. The van der Waals surface area contributed by atoms with Crippen LogP contribution in [0.4, 0.5) is 5.69 Å². The van der Waals surface area contributed by atoms with Crippen molar-refractivity contribution >= 4 is 23.3 Å². The van der Waals surface area contributed by atoms with Crippen molar-refractivity contribution < 1.29 is 9.59 Å². The molecule has 0 saturated carbocycles. The lowest BCUT2D eigenvalue weighted by Crippen LogP contribution is -2.47. The van der Waals surface area contributed by atoms with Gasteiger partial charge < -0.3 is 4.90 Å². The third-order valence-corrected chi connectivity index (χ3v) is 4.68. The van der Waals surface area contributed by atoms with Crippen LogP contribution in [0.1, 0.15) is 34.0 Å². The van der Waals surface area contributed by atoms with Gasteiger partial charge in [-0.15, -0.1) is 5.10 Å². The normalized spacial score (nSPS) is 13.3. The van der Waals surface area contributed by atoms with Gasteiger partial charge in [-0.1, -0.05) is 18.2 Å². The van der Waals surface area contributed by atoms with Crippen LogP contribution in [0.5, 0.6) is 0 Å². The van der Waals surface area contributed by atoms with Crippen molar-refractivity contribution in [1.29, 1.82) is 0 Å². The van der Waals surface area contributed by atoms with E-state index in [1.54, 1.807) is 0 Å². The quantitative estimate of drug-likeness (QED) is 0.657. The number of rotatable bonds is 3. The number of nitrogens with zero attached hydrogens (tertiary/aromatic N) is 5. The van der Waals surface area contributed by atoms with E-state index in [-0.39, 0.29) is 18.3 Å². The highest BCUT2D eigenvalue weighted by molar-refractivity contribution is 5.93. The minimum atomic E-state index is -0.588. The topological polar surface area (TPSA) is 105 Å². The van der Waals surface area contributed by atoms with Crippen LogP contribution >= 0.6 is 0 Å². The molecule has 1 aromatic carbocycles.